The molecule has 4 atom stereocenters. The van der Waals surface area contributed by atoms with Crippen LogP contribution in [0.5, 0.6) is 11.5 Å². The van der Waals surface area contributed by atoms with Crippen molar-refractivity contribution in [2.24, 2.45) is 0 Å². The number of aliphatic hydroxyl groups excluding tert-OH is 1. The van der Waals surface area contributed by atoms with E-state index in [0.29, 0.717) is 23.4 Å². The maximum absolute atomic E-state index is 13.9. The van der Waals surface area contributed by atoms with Crippen LogP contribution in [0.15, 0.2) is 131 Å². The SMILES string of the molecule is COCC[Se][C@@H]1[C@H](O)[C@@H](COC(c2ccccc2)(c2ccc(OC)cc2)c2ccc(OC)cc2)O[C@H]1n1ccc(=O)n(COCc2ccccc2)c1=O. The molecule has 0 radical (unpaired) electrons. The van der Waals surface area contributed by atoms with Gasteiger partial charge in [-0.05, 0) is 0 Å². The first kappa shape index (κ1) is 38.2. The van der Waals surface area contributed by atoms with Crippen LogP contribution in [0.4, 0.5) is 0 Å². The summed E-state index contributed by atoms with van der Waals surface area (Å²) in [7, 11) is 4.87. The van der Waals surface area contributed by atoms with Crippen LogP contribution in [0.3, 0.4) is 0 Å². The van der Waals surface area contributed by atoms with Crippen LogP contribution in [0.1, 0.15) is 28.5 Å². The molecule has 0 aliphatic carbocycles. The average Bonchev–Trinajstić information content (AvgIpc) is 3.51. The fraction of sp³-hybridized carbons (Fsp3) is 0.317. The Hall–Kier alpha value is -4.52. The van der Waals surface area contributed by atoms with Gasteiger partial charge in [0.25, 0.3) is 0 Å². The molecule has 5 aromatic rings. The molecule has 1 fully saturated rings. The molecule has 0 bridgehead atoms. The van der Waals surface area contributed by atoms with Crippen LogP contribution >= 0.6 is 0 Å². The molecule has 4 aromatic carbocycles. The first-order valence-corrected chi connectivity index (χ1v) is 19.5. The second kappa shape index (κ2) is 18.0. The van der Waals surface area contributed by atoms with Crippen LogP contribution in [0.2, 0.25) is 10.1 Å². The van der Waals surface area contributed by atoms with Gasteiger partial charge in [0.05, 0.1) is 0 Å². The Kier molecular flexibility index (Phi) is 13.0. The first-order valence-electron chi connectivity index (χ1n) is 17.3. The number of nitrogens with zero attached hydrogens (tertiary/aromatic N) is 2. The van der Waals surface area contributed by atoms with E-state index in [4.69, 9.17) is 28.4 Å². The summed E-state index contributed by atoms with van der Waals surface area (Å²) < 4.78 is 38.2. The van der Waals surface area contributed by atoms with Crippen LogP contribution < -0.4 is 20.7 Å². The van der Waals surface area contributed by atoms with Crippen molar-refractivity contribution in [1.82, 2.24) is 9.13 Å². The number of aliphatic hydroxyl groups is 1. The molecule has 11 nitrogen and oxygen atoms in total. The van der Waals surface area contributed by atoms with Gasteiger partial charge in [0.2, 0.25) is 0 Å². The van der Waals surface area contributed by atoms with Gasteiger partial charge in [-0.2, -0.15) is 0 Å². The predicted molar refractivity (Wildman–Crippen MR) is 201 cm³/mol. The molecule has 1 aliphatic rings. The molecule has 53 heavy (non-hydrogen) atoms. The molecule has 6 rings (SSSR count). The zero-order valence-corrected chi connectivity index (χ0v) is 31.6. The third-order valence-corrected chi connectivity index (χ3v) is 12.0. The molecular weight excluding hydrogens is 743 g/mol. The van der Waals surface area contributed by atoms with Gasteiger partial charge in [0.15, 0.2) is 0 Å². The number of ether oxygens (including phenoxy) is 6. The summed E-state index contributed by atoms with van der Waals surface area (Å²) in [5.74, 6) is 1.39. The van der Waals surface area contributed by atoms with Crippen molar-refractivity contribution in [1.29, 1.82) is 0 Å². The average molecular weight is 788 g/mol. The van der Waals surface area contributed by atoms with E-state index in [-0.39, 0.29) is 34.9 Å². The number of hydrogen-bond donors (Lipinski definition) is 1. The molecule has 1 N–H and O–H groups in total. The zero-order valence-electron chi connectivity index (χ0n) is 29.9. The number of methoxy groups -OCH3 is 3. The Bertz CT molecular complexity index is 1960. The normalized spacial score (nSPS) is 18.6. The van der Waals surface area contributed by atoms with E-state index >= 15 is 0 Å². The second-order valence-corrected chi connectivity index (χ2v) is 15.1. The Labute approximate surface area is 314 Å². The topological polar surface area (TPSA) is 120 Å². The van der Waals surface area contributed by atoms with Gasteiger partial charge in [-0.3, -0.25) is 0 Å². The number of aromatic nitrogens is 2. The number of benzene rings is 4. The van der Waals surface area contributed by atoms with Gasteiger partial charge >= 0.3 is 316 Å². The van der Waals surface area contributed by atoms with Crippen molar-refractivity contribution in [2.75, 3.05) is 34.5 Å². The van der Waals surface area contributed by atoms with E-state index in [1.54, 1.807) is 21.3 Å². The fourth-order valence-corrected chi connectivity index (χ4v) is 9.14. The van der Waals surface area contributed by atoms with Crippen LogP contribution in [0.25, 0.3) is 0 Å². The number of hydrogen-bond acceptors (Lipinski definition) is 9. The van der Waals surface area contributed by atoms with Gasteiger partial charge in [-0.25, -0.2) is 0 Å². The molecule has 0 unspecified atom stereocenters. The van der Waals surface area contributed by atoms with E-state index in [9.17, 15) is 14.7 Å². The second-order valence-electron chi connectivity index (χ2n) is 12.4. The van der Waals surface area contributed by atoms with E-state index in [0.717, 1.165) is 26.8 Å². The Morgan fingerprint density at radius 2 is 1.36 bits per heavy atom. The summed E-state index contributed by atoms with van der Waals surface area (Å²) in [4.78, 5) is 26.3. The standard InChI is InChI=1S/C41H44N2O9Se/c1-47-24-25-53-38-37(45)35(52-39(38)42-23-22-36(44)43(40(42)46)28-50-26-29-10-6-4-7-11-29)27-51-41(30-12-8-5-9-13-30,31-14-18-33(48-2)19-15-31)32-16-20-34(49-3)21-17-32/h4-23,35,37-39,45H,24-28H2,1-3H3/t35-,37-,38-,39-/m1/s1. The summed E-state index contributed by atoms with van der Waals surface area (Å²) in [6.45, 7) is 0.451. The third-order valence-electron chi connectivity index (χ3n) is 9.25. The minimum atomic E-state index is -1.14. The van der Waals surface area contributed by atoms with Crippen LogP contribution in [-0.4, -0.2) is 75.9 Å². The van der Waals surface area contributed by atoms with Crippen molar-refractivity contribution in [2.45, 2.75) is 47.5 Å². The van der Waals surface area contributed by atoms with E-state index < -0.39 is 40.1 Å². The molecule has 0 amide bonds. The molecule has 0 saturated carbocycles. The Morgan fingerprint density at radius 1 is 0.774 bits per heavy atom. The van der Waals surface area contributed by atoms with Gasteiger partial charge in [-0.1, -0.05) is 0 Å². The van der Waals surface area contributed by atoms with E-state index in [2.05, 4.69) is 0 Å². The maximum atomic E-state index is 13.9. The first-order chi connectivity index (χ1) is 25.9. The quantitative estimate of drug-likeness (QED) is 0.0787. The number of rotatable bonds is 17. The molecule has 1 aliphatic heterocycles. The summed E-state index contributed by atoms with van der Waals surface area (Å²) in [5.41, 5.74) is 1.21. The fourth-order valence-electron chi connectivity index (χ4n) is 6.48. The monoisotopic (exact) mass is 788 g/mol. The molecule has 12 heteroatoms. The molecule has 0 spiro atoms. The van der Waals surface area contributed by atoms with Crippen molar-refractivity contribution in [3.63, 3.8) is 0 Å². The van der Waals surface area contributed by atoms with Gasteiger partial charge in [0.1, 0.15) is 0 Å². The van der Waals surface area contributed by atoms with E-state index in [1.165, 1.54) is 16.8 Å². The summed E-state index contributed by atoms with van der Waals surface area (Å²) >= 11 is -0.207. The molecule has 2 heterocycles. The molecule has 1 aromatic heterocycles. The minimum absolute atomic E-state index is 0.0317. The van der Waals surface area contributed by atoms with Gasteiger partial charge < -0.3 is 0 Å². The van der Waals surface area contributed by atoms with Gasteiger partial charge in [0, 0.05) is 0 Å². The summed E-state index contributed by atoms with van der Waals surface area (Å²) in [5, 5.41) is 12.6. The Morgan fingerprint density at radius 3 is 1.94 bits per heavy atom. The molecule has 1 saturated heterocycles. The third kappa shape index (κ3) is 8.50. The summed E-state index contributed by atoms with van der Waals surface area (Å²) in [6.07, 6.45) is -1.24. The van der Waals surface area contributed by atoms with Crippen molar-refractivity contribution < 1.29 is 33.5 Å². The van der Waals surface area contributed by atoms with Crippen molar-refractivity contribution in [3.8, 4) is 11.5 Å². The predicted octanol–water partition coefficient (Wildman–Crippen LogP) is 5.03. The van der Waals surface area contributed by atoms with Crippen LogP contribution in [-0.2, 0) is 37.9 Å². The molecular formula is C41H44N2O9Se. The summed E-state index contributed by atoms with van der Waals surface area (Å²) in [6, 6.07) is 36.1. The molecule has 278 valence electrons. The van der Waals surface area contributed by atoms with E-state index in [1.807, 2.05) is 109 Å². The zero-order chi connectivity index (χ0) is 37.2. The van der Waals surface area contributed by atoms with Crippen molar-refractivity contribution >= 4 is 15.0 Å². The van der Waals surface area contributed by atoms with Crippen molar-refractivity contribution in [3.05, 3.63) is 165 Å². The van der Waals surface area contributed by atoms with Gasteiger partial charge in [-0.15, -0.1) is 0 Å². The Balaban J connectivity index is 1.34. The van der Waals surface area contributed by atoms with Crippen LogP contribution in [0, 0.1) is 0 Å².